The van der Waals surface area contributed by atoms with Crippen LogP contribution in [0.3, 0.4) is 0 Å². The molecule has 3 rings (SSSR count). The van der Waals surface area contributed by atoms with Crippen LogP contribution < -0.4 is 4.74 Å². The summed E-state index contributed by atoms with van der Waals surface area (Å²) in [5.74, 6) is 0.910. The SMILES string of the molecule is COc1c(C)cnc(CN(Cc2ccccn2)Cc2ncc(C)c(C)c2C)c1C. The van der Waals surface area contributed by atoms with Crippen LogP contribution in [0.5, 0.6) is 5.75 Å². The molecule has 152 valence electrons. The molecule has 0 saturated heterocycles. The number of aryl methyl sites for hydroxylation is 2. The Kier molecular flexibility index (Phi) is 6.60. The van der Waals surface area contributed by atoms with Gasteiger partial charge in [-0.3, -0.25) is 19.9 Å². The zero-order valence-electron chi connectivity index (χ0n) is 18.3. The van der Waals surface area contributed by atoms with Crippen LogP contribution in [0, 0.1) is 34.6 Å². The minimum absolute atomic E-state index is 0.701. The van der Waals surface area contributed by atoms with Gasteiger partial charge in [0, 0.05) is 49.4 Å². The molecule has 0 amide bonds. The lowest BCUT2D eigenvalue weighted by atomic mass is 10.0. The van der Waals surface area contributed by atoms with Crippen molar-refractivity contribution in [3.63, 3.8) is 0 Å². The number of hydrogen-bond donors (Lipinski definition) is 0. The van der Waals surface area contributed by atoms with E-state index in [4.69, 9.17) is 14.7 Å². The first-order valence-electron chi connectivity index (χ1n) is 9.93. The average Bonchev–Trinajstić information content (AvgIpc) is 2.71. The quantitative estimate of drug-likeness (QED) is 0.589. The van der Waals surface area contributed by atoms with Crippen LogP contribution in [0.1, 0.15) is 44.9 Å². The van der Waals surface area contributed by atoms with Crippen LogP contribution in [0.25, 0.3) is 0 Å². The molecule has 0 radical (unpaired) electrons. The summed E-state index contributed by atoms with van der Waals surface area (Å²) in [6.07, 6.45) is 5.69. The van der Waals surface area contributed by atoms with Crippen molar-refractivity contribution in [1.82, 2.24) is 19.9 Å². The van der Waals surface area contributed by atoms with Gasteiger partial charge < -0.3 is 4.74 Å². The van der Waals surface area contributed by atoms with Crippen molar-refractivity contribution in [2.24, 2.45) is 0 Å². The molecule has 3 aromatic rings. The minimum atomic E-state index is 0.701. The highest BCUT2D eigenvalue weighted by atomic mass is 16.5. The van der Waals surface area contributed by atoms with Gasteiger partial charge in [-0.05, 0) is 63.4 Å². The summed E-state index contributed by atoms with van der Waals surface area (Å²) in [5.41, 5.74) is 9.07. The fraction of sp³-hybridized carbons (Fsp3) is 0.375. The number of aromatic nitrogens is 3. The molecule has 0 saturated carbocycles. The molecule has 0 aromatic carbocycles. The van der Waals surface area contributed by atoms with Gasteiger partial charge in [-0.2, -0.15) is 0 Å². The first-order chi connectivity index (χ1) is 13.9. The number of nitrogens with zero attached hydrogens (tertiary/aromatic N) is 4. The van der Waals surface area contributed by atoms with Crippen LogP contribution in [0.4, 0.5) is 0 Å². The van der Waals surface area contributed by atoms with Gasteiger partial charge in [-0.15, -0.1) is 0 Å². The van der Waals surface area contributed by atoms with Gasteiger partial charge in [0.1, 0.15) is 5.75 Å². The molecular weight excluding hydrogens is 360 g/mol. The van der Waals surface area contributed by atoms with Crippen molar-refractivity contribution < 1.29 is 4.74 Å². The second-order valence-electron chi connectivity index (χ2n) is 7.65. The third-order valence-corrected chi connectivity index (χ3v) is 5.61. The highest BCUT2D eigenvalue weighted by Gasteiger charge is 2.17. The summed E-state index contributed by atoms with van der Waals surface area (Å²) >= 11 is 0. The minimum Gasteiger partial charge on any atom is -0.496 e. The smallest absolute Gasteiger partial charge is 0.128 e. The zero-order chi connectivity index (χ0) is 21.0. The average molecular weight is 391 g/mol. The van der Waals surface area contributed by atoms with E-state index in [0.29, 0.717) is 6.54 Å². The molecule has 5 nitrogen and oxygen atoms in total. The number of pyridine rings is 3. The normalized spacial score (nSPS) is 11.1. The molecule has 0 aliphatic rings. The topological polar surface area (TPSA) is 51.1 Å². The summed E-state index contributed by atoms with van der Waals surface area (Å²) in [5, 5.41) is 0. The van der Waals surface area contributed by atoms with Crippen LogP contribution in [0.15, 0.2) is 36.8 Å². The van der Waals surface area contributed by atoms with Gasteiger partial charge in [0.2, 0.25) is 0 Å². The third-order valence-electron chi connectivity index (χ3n) is 5.61. The lowest BCUT2D eigenvalue weighted by Gasteiger charge is -2.24. The first-order valence-corrected chi connectivity index (χ1v) is 9.93. The van der Waals surface area contributed by atoms with E-state index in [1.807, 2.05) is 37.6 Å². The maximum Gasteiger partial charge on any atom is 0.128 e. The van der Waals surface area contributed by atoms with Gasteiger partial charge in [0.25, 0.3) is 0 Å². The predicted octanol–water partition coefficient (Wildman–Crippen LogP) is 4.62. The molecule has 3 heterocycles. The molecule has 0 atom stereocenters. The molecule has 0 aliphatic carbocycles. The highest BCUT2D eigenvalue weighted by molar-refractivity contribution is 5.41. The van der Waals surface area contributed by atoms with Crippen molar-refractivity contribution in [2.45, 2.75) is 54.3 Å². The molecule has 0 aliphatic heterocycles. The fourth-order valence-electron chi connectivity index (χ4n) is 3.58. The molecule has 0 bridgehead atoms. The van der Waals surface area contributed by atoms with Crippen LogP contribution in [0.2, 0.25) is 0 Å². The van der Waals surface area contributed by atoms with Gasteiger partial charge in [0.15, 0.2) is 0 Å². The molecular formula is C24H30N4O. The maximum absolute atomic E-state index is 5.60. The predicted molar refractivity (Wildman–Crippen MR) is 116 cm³/mol. The van der Waals surface area contributed by atoms with Crippen molar-refractivity contribution in [1.29, 1.82) is 0 Å². The molecule has 29 heavy (non-hydrogen) atoms. The third kappa shape index (κ3) is 4.80. The fourth-order valence-corrected chi connectivity index (χ4v) is 3.58. The standard InChI is InChI=1S/C24H30N4O/c1-16-11-26-22(19(4)18(16)3)14-28(13-21-9-7-8-10-25-21)15-23-20(5)24(29-6)17(2)12-27-23/h7-12H,13-15H2,1-6H3. The largest absolute Gasteiger partial charge is 0.496 e. The number of methoxy groups -OCH3 is 1. The lowest BCUT2D eigenvalue weighted by molar-refractivity contribution is 0.237. The summed E-state index contributed by atoms with van der Waals surface area (Å²) in [6, 6.07) is 6.03. The van der Waals surface area contributed by atoms with Gasteiger partial charge in [-0.25, -0.2) is 0 Å². The Morgan fingerprint density at radius 1 is 0.759 bits per heavy atom. The molecule has 0 spiro atoms. The summed E-state index contributed by atoms with van der Waals surface area (Å²) in [6.45, 7) is 12.7. The van der Waals surface area contributed by atoms with Crippen molar-refractivity contribution in [2.75, 3.05) is 7.11 Å². The summed E-state index contributed by atoms with van der Waals surface area (Å²) in [7, 11) is 1.72. The van der Waals surface area contributed by atoms with Crippen molar-refractivity contribution in [3.05, 3.63) is 81.7 Å². The summed E-state index contributed by atoms with van der Waals surface area (Å²) in [4.78, 5) is 16.3. The Morgan fingerprint density at radius 2 is 1.41 bits per heavy atom. The Balaban J connectivity index is 1.93. The Bertz CT molecular complexity index is 986. The van der Waals surface area contributed by atoms with Gasteiger partial charge >= 0.3 is 0 Å². The Labute approximate surface area is 173 Å². The van der Waals surface area contributed by atoms with Crippen LogP contribution in [-0.4, -0.2) is 27.0 Å². The number of hydrogen-bond acceptors (Lipinski definition) is 5. The van der Waals surface area contributed by atoms with E-state index in [9.17, 15) is 0 Å². The van der Waals surface area contributed by atoms with E-state index in [1.165, 1.54) is 16.7 Å². The monoisotopic (exact) mass is 390 g/mol. The van der Waals surface area contributed by atoms with E-state index >= 15 is 0 Å². The molecule has 0 unspecified atom stereocenters. The van der Waals surface area contributed by atoms with E-state index in [0.717, 1.165) is 47.0 Å². The van der Waals surface area contributed by atoms with Gasteiger partial charge in [-0.1, -0.05) is 6.07 Å². The Morgan fingerprint density at radius 3 is 2.03 bits per heavy atom. The second kappa shape index (κ2) is 9.14. The Hall–Kier alpha value is -2.79. The van der Waals surface area contributed by atoms with E-state index in [1.54, 1.807) is 7.11 Å². The van der Waals surface area contributed by atoms with Crippen molar-refractivity contribution in [3.8, 4) is 5.75 Å². The van der Waals surface area contributed by atoms with Crippen molar-refractivity contribution >= 4 is 0 Å². The summed E-state index contributed by atoms with van der Waals surface area (Å²) < 4.78 is 5.60. The number of ether oxygens (including phenoxy) is 1. The first kappa shape index (κ1) is 20.9. The van der Waals surface area contributed by atoms with Crippen LogP contribution in [-0.2, 0) is 19.6 Å². The van der Waals surface area contributed by atoms with E-state index < -0.39 is 0 Å². The molecule has 5 heteroatoms. The second-order valence-corrected chi connectivity index (χ2v) is 7.65. The lowest BCUT2D eigenvalue weighted by Crippen LogP contribution is -2.25. The van der Waals surface area contributed by atoms with E-state index in [2.05, 4.69) is 43.6 Å². The van der Waals surface area contributed by atoms with Gasteiger partial charge in [0.05, 0.1) is 24.2 Å². The highest BCUT2D eigenvalue weighted by Crippen LogP contribution is 2.26. The number of rotatable bonds is 7. The molecule has 3 aromatic heterocycles. The molecule has 0 N–H and O–H groups in total. The zero-order valence-corrected chi connectivity index (χ0v) is 18.3. The maximum atomic E-state index is 5.60. The van der Waals surface area contributed by atoms with Crippen LogP contribution >= 0.6 is 0 Å². The van der Waals surface area contributed by atoms with E-state index in [-0.39, 0.29) is 0 Å². The molecule has 0 fully saturated rings.